The van der Waals surface area contributed by atoms with E-state index in [1.807, 2.05) is 0 Å². The van der Waals surface area contributed by atoms with Gasteiger partial charge >= 0.3 is 0 Å². The van der Waals surface area contributed by atoms with E-state index in [9.17, 15) is 9.90 Å². The van der Waals surface area contributed by atoms with E-state index in [0.29, 0.717) is 12.8 Å². The zero-order chi connectivity index (χ0) is 12.6. The second kappa shape index (κ2) is 4.34. The molecule has 0 heterocycles. The summed E-state index contributed by atoms with van der Waals surface area (Å²) in [6.07, 6.45) is 2.04. The Kier molecular flexibility index (Phi) is 3.64. The van der Waals surface area contributed by atoms with Crippen LogP contribution in [0, 0.1) is 0 Å². The van der Waals surface area contributed by atoms with E-state index in [4.69, 9.17) is 4.43 Å². The van der Waals surface area contributed by atoms with Gasteiger partial charge in [-0.25, -0.2) is 0 Å². The largest absolute Gasteiger partial charge is 0.512 e. The fourth-order valence-corrected chi connectivity index (χ4v) is 2.86. The molecule has 1 unspecified atom stereocenters. The Morgan fingerprint density at radius 3 is 2.38 bits per heavy atom. The Balaban J connectivity index is 2.69. The summed E-state index contributed by atoms with van der Waals surface area (Å²) in [6, 6.07) is 0. The van der Waals surface area contributed by atoms with Crippen molar-refractivity contribution >= 4 is 14.1 Å². The zero-order valence-electron chi connectivity index (χ0n) is 10.8. The number of ketones is 1. The second-order valence-corrected chi connectivity index (χ2v) is 10.8. The van der Waals surface area contributed by atoms with E-state index in [2.05, 4.69) is 33.9 Å². The van der Waals surface area contributed by atoms with Crippen LogP contribution in [-0.2, 0) is 9.22 Å². The quantitative estimate of drug-likeness (QED) is 0.756. The maximum Gasteiger partial charge on any atom is 0.192 e. The van der Waals surface area contributed by atoms with E-state index < -0.39 is 8.32 Å². The van der Waals surface area contributed by atoms with Crippen molar-refractivity contribution in [2.24, 2.45) is 0 Å². The van der Waals surface area contributed by atoms with Gasteiger partial charge in [0.2, 0.25) is 0 Å². The minimum Gasteiger partial charge on any atom is -0.512 e. The van der Waals surface area contributed by atoms with Gasteiger partial charge in [0.15, 0.2) is 14.1 Å². The molecule has 0 amide bonds. The molecule has 0 radical (unpaired) electrons. The van der Waals surface area contributed by atoms with E-state index in [1.165, 1.54) is 6.08 Å². The molecule has 1 atom stereocenters. The molecule has 92 valence electrons. The number of aliphatic hydroxyl groups excluding tert-OH is 1. The number of hydrogen-bond acceptors (Lipinski definition) is 3. The van der Waals surface area contributed by atoms with Crippen molar-refractivity contribution in [3.8, 4) is 0 Å². The van der Waals surface area contributed by atoms with Crippen molar-refractivity contribution in [3.63, 3.8) is 0 Å². The van der Waals surface area contributed by atoms with Crippen molar-refractivity contribution in [2.45, 2.75) is 57.8 Å². The van der Waals surface area contributed by atoms with Gasteiger partial charge in [0.1, 0.15) is 0 Å². The second-order valence-electron chi connectivity index (χ2n) is 6.01. The highest BCUT2D eigenvalue weighted by atomic mass is 28.4. The summed E-state index contributed by atoms with van der Waals surface area (Å²) in [5.74, 6) is 0.118. The Bertz CT molecular complexity index is 313. The van der Waals surface area contributed by atoms with Crippen LogP contribution in [-0.4, -0.2) is 25.3 Å². The maximum atomic E-state index is 11.3. The highest BCUT2D eigenvalue weighted by molar-refractivity contribution is 6.74. The lowest BCUT2D eigenvalue weighted by atomic mass is 10.0. The zero-order valence-corrected chi connectivity index (χ0v) is 11.8. The molecule has 0 aromatic heterocycles. The summed E-state index contributed by atoms with van der Waals surface area (Å²) in [5, 5.41) is 9.56. The highest BCUT2D eigenvalue weighted by Gasteiger charge is 2.40. The van der Waals surface area contributed by atoms with Gasteiger partial charge in [-0.15, -0.1) is 0 Å². The number of rotatable bonds is 2. The number of aliphatic hydroxyl groups is 1. The lowest BCUT2D eigenvalue weighted by Gasteiger charge is -2.39. The molecule has 0 spiro atoms. The molecule has 0 aromatic carbocycles. The first-order valence-electron chi connectivity index (χ1n) is 5.72. The first kappa shape index (κ1) is 13.5. The fourth-order valence-electron chi connectivity index (χ4n) is 1.51. The van der Waals surface area contributed by atoms with Crippen LogP contribution in [0.2, 0.25) is 18.1 Å². The molecule has 1 aliphatic carbocycles. The number of allylic oxidation sites excluding steroid dienone is 1. The number of carbonyl (C=O) groups excluding carboxylic acids is 1. The van der Waals surface area contributed by atoms with Crippen LogP contribution >= 0.6 is 0 Å². The summed E-state index contributed by atoms with van der Waals surface area (Å²) in [4.78, 5) is 11.3. The first-order chi connectivity index (χ1) is 7.12. The molecule has 0 aliphatic heterocycles. The summed E-state index contributed by atoms with van der Waals surface area (Å²) in [7, 11) is -1.84. The molecule has 3 nitrogen and oxygen atoms in total. The molecule has 1 N–H and O–H groups in total. The molecule has 4 heteroatoms. The molecule has 0 saturated carbocycles. The molecule has 0 fully saturated rings. The molecule has 0 aromatic rings. The van der Waals surface area contributed by atoms with Crippen molar-refractivity contribution in [3.05, 3.63) is 11.8 Å². The van der Waals surface area contributed by atoms with Gasteiger partial charge in [-0.2, -0.15) is 0 Å². The Labute approximate surface area is 98.6 Å². The molecule has 0 saturated heterocycles. The first-order valence-corrected chi connectivity index (χ1v) is 8.63. The molecule has 0 bridgehead atoms. The summed E-state index contributed by atoms with van der Waals surface area (Å²) in [6.45, 7) is 10.8. The van der Waals surface area contributed by atoms with Crippen LogP contribution in [0.25, 0.3) is 0 Å². The summed E-state index contributed by atoms with van der Waals surface area (Å²) < 4.78 is 6.10. The Morgan fingerprint density at radius 2 is 1.94 bits per heavy atom. The van der Waals surface area contributed by atoms with Crippen molar-refractivity contribution in [1.29, 1.82) is 0 Å². The molecular formula is C12H22O3Si. The third kappa shape index (κ3) is 3.19. The van der Waals surface area contributed by atoms with Gasteiger partial charge in [0, 0.05) is 18.9 Å². The monoisotopic (exact) mass is 242 g/mol. The van der Waals surface area contributed by atoms with E-state index in [1.54, 1.807) is 0 Å². The van der Waals surface area contributed by atoms with Crippen molar-refractivity contribution in [2.75, 3.05) is 0 Å². The van der Waals surface area contributed by atoms with Gasteiger partial charge in [-0.1, -0.05) is 20.8 Å². The third-order valence-electron chi connectivity index (χ3n) is 3.46. The average Bonchev–Trinajstić information content (AvgIpc) is 1.97. The van der Waals surface area contributed by atoms with E-state index >= 15 is 0 Å². The number of carbonyl (C=O) groups is 1. The normalized spacial score (nSPS) is 23.2. The van der Waals surface area contributed by atoms with Gasteiger partial charge < -0.3 is 9.53 Å². The fraction of sp³-hybridized carbons (Fsp3) is 0.750. The SMILES string of the molecule is CC(C)(C)[Si](C)(C)OC1CC(=O)C=C(O)C1. The average molecular weight is 242 g/mol. The predicted molar refractivity (Wildman–Crippen MR) is 67.0 cm³/mol. The minimum atomic E-state index is -1.84. The van der Waals surface area contributed by atoms with Crippen LogP contribution in [0.4, 0.5) is 0 Å². The summed E-state index contributed by atoms with van der Waals surface area (Å²) >= 11 is 0. The van der Waals surface area contributed by atoms with Gasteiger partial charge in [0.25, 0.3) is 0 Å². The van der Waals surface area contributed by atoms with Gasteiger partial charge in [0.05, 0.1) is 11.9 Å². The Morgan fingerprint density at radius 1 is 1.38 bits per heavy atom. The molecule has 16 heavy (non-hydrogen) atoms. The van der Waals surface area contributed by atoms with E-state index in [0.717, 1.165) is 0 Å². The minimum absolute atomic E-state index is 0.0348. The predicted octanol–water partition coefficient (Wildman–Crippen LogP) is 3.18. The van der Waals surface area contributed by atoms with Crippen LogP contribution in [0.15, 0.2) is 11.8 Å². The smallest absolute Gasteiger partial charge is 0.192 e. The molecule has 1 aliphatic rings. The van der Waals surface area contributed by atoms with Gasteiger partial charge in [-0.05, 0) is 18.1 Å². The topological polar surface area (TPSA) is 46.5 Å². The summed E-state index contributed by atoms with van der Waals surface area (Å²) in [5.41, 5.74) is 0. The van der Waals surface area contributed by atoms with Crippen LogP contribution in [0.1, 0.15) is 33.6 Å². The lowest BCUT2D eigenvalue weighted by molar-refractivity contribution is -0.117. The van der Waals surface area contributed by atoms with Gasteiger partial charge in [-0.3, -0.25) is 4.79 Å². The number of hydrogen-bond donors (Lipinski definition) is 1. The molecular weight excluding hydrogens is 220 g/mol. The van der Waals surface area contributed by atoms with Crippen LogP contribution in [0.5, 0.6) is 0 Å². The highest BCUT2D eigenvalue weighted by Crippen LogP contribution is 2.38. The van der Waals surface area contributed by atoms with E-state index in [-0.39, 0.29) is 22.7 Å². The van der Waals surface area contributed by atoms with Crippen LogP contribution in [0.3, 0.4) is 0 Å². The molecule has 1 rings (SSSR count). The third-order valence-corrected chi connectivity index (χ3v) is 8.00. The van der Waals surface area contributed by atoms with Crippen LogP contribution < -0.4 is 0 Å². The lowest BCUT2D eigenvalue weighted by Crippen LogP contribution is -2.45. The van der Waals surface area contributed by atoms with Crippen molar-refractivity contribution < 1.29 is 14.3 Å². The standard InChI is InChI=1S/C12H22O3Si/c1-12(2,3)16(4,5)15-11-7-9(13)6-10(14)8-11/h6,11,13H,7-8H2,1-5H3. The Hall–Kier alpha value is -0.613. The van der Waals surface area contributed by atoms with Crippen molar-refractivity contribution in [1.82, 2.24) is 0 Å². The maximum absolute atomic E-state index is 11.3.